The summed E-state index contributed by atoms with van der Waals surface area (Å²) in [6.07, 6.45) is 2.33. The van der Waals surface area contributed by atoms with E-state index < -0.39 is 0 Å². The van der Waals surface area contributed by atoms with Crippen LogP contribution in [0, 0.1) is 0 Å². The molecule has 0 unspecified atom stereocenters. The van der Waals surface area contributed by atoms with E-state index in [1.807, 2.05) is 35.2 Å². The molecule has 0 N–H and O–H groups in total. The Morgan fingerprint density at radius 2 is 1.81 bits per heavy atom. The van der Waals surface area contributed by atoms with Crippen LogP contribution in [0.1, 0.15) is 34.8 Å². The van der Waals surface area contributed by atoms with Crippen molar-refractivity contribution >= 4 is 22.7 Å². The van der Waals surface area contributed by atoms with Gasteiger partial charge in [0.1, 0.15) is 0 Å². The fourth-order valence-electron chi connectivity index (χ4n) is 3.57. The number of amides is 2. The maximum Gasteiger partial charge on any atom is 0.254 e. The van der Waals surface area contributed by atoms with Crippen molar-refractivity contribution in [3.05, 3.63) is 41.6 Å². The Labute approximate surface area is 159 Å². The van der Waals surface area contributed by atoms with Crippen molar-refractivity contribution in [3.8, 4) is 0 Å². The van der Waals surface area contributed by atoms with Gasteiger partial charge in [0.15, 0.2) is 0 Å². The van der Waals surface area contributed by atoms with Gasteiger partial charge in [0, 0.05) is 57.3 Å². The molecule has 27 heavy (non-hydrogen) atoms. The zero-order valence-corrected chi connectivity index (χ0v) is 16.0. The second-order valence-electron chi connectivity index (χ2n) is 7.74. The van der Waals surface area contributed by atoms with Gasteiger partial charge in [-0.15, -0.1) is 0 Å². The van der Waals surface area contributed by atoms with Gasteiger partial charge in [0.2, 0.25) is 5.91 Å². The third kappa shape index (κ3) is 3.81. The molecule has 2 heterocycles. The smallest absolute Gasteiger partial charge is 0.254 e. The minimum absolute atomic E-state index is 0.0779. The van der Waals surface area contributed by atoms with Crippen molar-refractivity contribution in [1.29, 1.82) is 0 Å². The van der Waals surface area contributed by atoms with Crippen LogP contribution in [0.2, 0.25) is 0 Å². The fraction of sp³-hybridized carbons (Fsp3) is 0.476. The van der Waals surface area contributed by atoms with Gasteiger partial charge in [-0.2, -0.15) is 0 Å². The van der Waals surface area contributed by atoms with E-state index in [0.29, 0.717) is 25.6 Å². The number of nitrogens with zero attached hydrogens (tertiary/aromatic N) is 4. The number of aromatic nitrogens is 1. The highest BCUT2D eigenvalue weighted by molar-refractivity contribution is 6.06. The molecular formula is C21H26N4O2. The Balaban J connectivity index is 1.51. The van der Waals surface area contributed by atoms with Gasteiger partial charge < -0.3 is 9.80 Å². The van der Waals surface area contributed by atoms with Crippen LogP contribution in [-0.4, -0.2) is 78.3 Å². The molecule has 1 aromatic carbocycles. The summed E-state index contributed by atoms with van der Waals surface area (Å²) in [6.45, 7) is 3.16. The Morgan fingerprint density at radius 1 is 1.11 bits per heavy atom. The number of carbonyl (C=O) groups excluding carboxylic acids is 2. The third-order valence-electron chi connectivity index (χ3n) is 5.48. The maximum atomic E-state index is 13.3. The highest BCUT2D eigenvalue weighted by Gasteiger charge is 2.29. The van der Waals surface area contributed by atoms with Crippen LogP contribution in [-0.2, 0) is 4.79 Å². The third-order valence-corrected chi connectivity index (χ3v) is 5.48. The maximum absolute atomic E-state index is 13.3. The predicted molar refractivity (Wildman–Crippen MR) is 105 cm³/mol. The highest BCUT2D eigenvalue weighted by atomic mass is 16.2. The highest BCUT2D eigenvalue weighted by Crippen LogP contribution is 2.40. The number of benzene rings is 1. The van der Waals surface area contributed by atoms with E-state index in [0.717, 1.165) is 48.1 Å². The second-order valence-corrected chi connectivity index (χ2v) is 7.74. The first-order valence-electron chi connectivity index (χ1n) is 9.64. The van der Waals surface area contributed by atoms with Crippen molar-refractivity contribution in [2.45, 2.75) is 18.8 Å². The minimum Gasteiger partial charge on any atom is -0.348 e. The van der Waals surface area contributed by atoms with E-state index >= 15 is 0 Å². The second kappa shape index (κ2) is 7.27. The lowest BCUT2D eigenvalue weighted by Gasteiger charge is -2.35. The largest absolute Gasteiger partial charge is 0.348 e. The van der Waals surface area contributed by atoms with Gasteiger partial charge in [0.05, 0.1) is 17.6 Å². The molecule has 0 bridgehead atoms. The molecule has 0 atom stereocenters. The summed E-state index contributed by atoms with van der Waals surface area (Å²) in [7, 11) is 3.54. The summed E-state index contributed by atoms with van der Waals surface area (Å²) in [5.74, 6) is 0.688. The standard InChI is InChI=1S/C21H26N4O2/c1-23(2)20(26)14-24-9-11-25(12-10-24)21(27)17-13-19(15-7-8-15)22-18-6-4-3-5-16(17)18/h3-6,13,15H,7-12,14H2,1-2H3. The summed E-state index contributed by atoms with van der Waals surface area (Å²) >= 11 is 0. The number of carbonyl (C=O) groups is 2. The number of hydrogen-bond acceptors (Lipinski definition) is 4. The first-order chi connectivity index (χ1) is 13.0. The normalized spacial score (nSPS) is 17.9. The van der Waals surface area contributed by atoms with Crippen LogP contribution in [0.15, 0.2) is 30.3 Å². The molecule has 2 amide bonds. The number of hydrogen-bond donors (Lipinski definition) is 0. The van der Waals surface area contributed by atoms with Crippen LogP contribution in [0.5, 0.6) is 0 Å². The summed E-state index contributed by atoms with van der Waals surface area (Å²) < 4.78 is 0. The molecule has 1 saturated carbocycles. The van der Waals surface area contributed by atoms with Crippen LogP contribution < -0.4 is 0 Å². The van der Waals surface area contributed by atoms with Gasteiger partial charge in [-0.1, -0.05) is 18.2 Å². The number of likely N-dealkylation sites (N-methyl/N-ethyl adjacent to an activating group) is 1. The summed E-state index contributed by atoms with van der Waals surface area (Å²) in [5.41, 5.74) is 2.72. The number of fused-ring (bicyclic) bond motifs is 1. The average Bonchev–Trinajstić information content (AvgIpc) is 3.52. The minimum atomic E-state index is 0.0779. The summed E-state index contributed by atoms with van der Waals surface area (Å²) in [5, 5.41) is 0.928. The Morgan fingerprint density at radius 3 is 2.48 bits per heavy atom. The molecule has 0 radical (unpaired) electrons. The molecule has 1 aromatic heterocycles. The van der Waals surface area contributed by atoms with Crippen molar-refractivity contribution < 1.29 is 9.59 Å². The van der Waals surface area contributed by atoms with E-state index in [1.54, 1.807) is 19.0 Å². The quantitative estimate of drug-likeness (QED) is 0.830. The van der Waals surface area contributed by atoms with Crippen molar-refractivity contribution in [2.75, 3.05) is 46.8 Å². The van der Waals surface area contributed by atoms with E-state index in [9.17, 15) is 9.59 Å². The van der Waals surface area contributed by atoms with Gasteiger partial charge in [-0.25, -0.2) is 0 Å². The van der Waals surface area contributed by atoms with E-state index in [2.05, 4.69) is 4.90 Å². The number of para-hydroxylation sites is 1. The average molecular weight is 366 g/mol. The zero-order valence-electron chi connectivity index (χ0n) is 16.0. The molecule has 0 spiro atoms. The summed E-state index contributed by atoms with van der Waals surface area (Å²) in [6, 6.07) is 9.91. The van der Waals surface area contributed by atoms with Crippen LogP contribution in [0.25, 0.3) is 10.9 Å². The molecule has 142 valence electrons. The van der Waals surface area contributed by atoms with Crippen LogP contribution in [0.4, 0.5) is 0 Å². The molecular weight excluding hydrogens is 340 g/mol. The monoisotopic (exact) mass is 366 g/mol. The van der Waals surface area contributed by atoms with Crippen molar-refractivity contribution in [2.24, 2.45) is 0 Å². The molecule has 1 aliphatic heterocycles. The molecule has 6 nitrogen and oxygen atoms in total. The fourth-order valence-corrected chi connectivity index (χ4v) is 3.57. The van der Waals surface area contributed by atoms with Gasteiger partial charge in [-0.05, 0) is 25.0 Å². The predicted octanol–water partition coefficient (Wildman–Crippen LogP) is 1.96. The molecule has 4 rings (SSSR count). The molecule has 1 aliphatic carbocycles. The lowest BCUT2D eigenvalue weighted by molar-refractivity contribution is -0.130. The first kappa shape index (κ1) is 17.9. The van der Waals surface area contributed by atoms with E-state index in [4.69, 9.17) is 4.98 Å². The van der Waals surface area contributed by atoms with Crippen molar-refractivity contribution in [3.63, 3.8) is 0 Å². The Hall–Kier alpha value is -2.47. The lowest BCUT2D eigenvalue weighted by Crippen LogP contribution is -2.51. The molecule has 2 fully saturated rings. The lowest BCUT2D eigenvalue weighted by atomic mass is 10.0. The van der Waals surface area contributed by atoms with Gasteiger partial charge in [0.25, 0.3) is 5.91 Å². The SMILES string of the molecule is CN(C)C(=O)CN1CCN(C(=O)c2cc(C3CC3)nc3ccccc23)CC1. The van der Waals surface area contributed by atoms with Gasteiger partial charge in [-0.3, -0.25) is 19.5 Å². The van der Waals surface area contributed by atoms with E-state index in [1.165, 1.54) is 0 Å². The van der Waals surface area contributed by atoms with Crippen molar-refractivity contribution in [1.82, 2.24) is 19.7 Å². The number of rotatable bonds is 4. The topological polar surface area (TPSA) is 56.8 Å². The molecule has 2 aliphatic rings. The molecule has 6 heteroatoms. The number of piperazine rings is 1. The Kier molecular flexibility index (Phi) is 4.83. The first-order valence-corrected chi connectivity index (χ1v) is 9.64. The van der Waals surface area contributed by atoms with Gasteiger partial charge >= 0.3 is 0 Å². The van der Waals surface area contributed by atoms with Crippen LogP contribution in [0.3, 0.4) is 0 Å². The zero-order chi connectivity index (χ0) is 19.0. The van der Waals surface area contributed by atoms with Crippen LogP contribution >= 0.6 is 0 Å². The number of pyridine rings is 1. The summed E-state index contributed by atoms with van der Waals surface area (Å²) in [4.78, 5) is 35.6. The van der Waals surface area contributed by atoms with E-state index in [-0.39, 0.29) is 11.8 Å². The molecule has 2 aromatic rings. The Bertz CT molecular complexity index is 868. The molecule has 1 saturated heterocycles.